The average Bonchev–Trinajstić information content (AvgIpc) is 3.21. The molecule has 0 radical (unpaired) electrons. The van der Waals surface area contributed by atoms with Crippen LogP contribution >= 0.6 is 0 Å². The molecule has 2 aromatic carbocycles. The van der Waals surface area contributed by atoms with E-state index in [1.165, 1.54) is 6.07 Å². The maximum absolute atomic E-state index is 14.4. The summed E-state index contributed by atoms with van der Waals surface area (Å²) in [5.74, 6) is -1.80. The second-order valence-electron chi connectivity index (χ2n) is 8.95. The smallest absolute Gasteiger partial charge is 0.255 e. The molecule has 1 fully saturated rings. The summed E-state index contributed by atoms with van der Waals surface area (Å²) in [5, 5.41) is 2.71. The number of amides is 2. The summed E-state index contributed by atoms with van der Waals surface area (Å²) in [5.41, 5.74) is 2.63. The molecule has 3 aromatic rings. The molecular formula is C26H25F2N5O2. The molecule has 0 aliphatic carbocycles. The number of rotatable bonds is 5. The van der Waals surface area contributed by atoms with Gasteiger partial charge in [-0.1, -0.05) is 30.3 Å². The lowest BCUT2D eigenvalue weighted by Crippen LogP contribution is -2.47. The van der Waals surface area contributed by atoms with Crippen LogP contribution in [0.5, 0.6) is 0 Å². The van der Waals surface area contributed by atoms with Crippen molar-refractivity contribution in [2.24, 2.45) is 0 Å². The van der Waals surface area contributed by atoms with E-state index in [1.54, 1.807) is 0 Å². The standard InChI is InChI=1S/C26H25F2N5O2/c1-32-9-11-33(12-10-32)22(34)14-17-7-5-16(6-8-17)13-20-24-21(15-29-26(24)35)31-25(30-20)23-18(27)3-2-4-19(23)28/h2-8H,9-15H2,1H3,(H,29,35). The second-order valence-corrected chi connectivity index (χ2v) is 8.95. The van der Waals surface area contributed by atoms with Crippen molar-refractivity contribution in [3.05, 3.63) is 82.2 Å². The summed E-state index contributed by atoms with van der Waals surface area (Å²) < 4.78 is 28.8. The predicted molar refractivity (Wildman–Crippen MR) is 126 cm³/mol. The minimum atomic E-state index is -0.762. The van der Waals surface area contributed by atoms with Crippen LogP contribution in [-0.2, 0) is 24.2 Å². The van der Waals surface area contributed by atoms with Gasteiger partial charge in [-0.2, -0.15) is 0 Å². The first kappa shape index (κ1) is 23.0. The van der Waals surface area contributed by atoms with Crippen LogP contribution in [-0.4, -0.2) is 64.8 Å². The van der Waals surface area contributed by atoms with E-state index >= 15 is 0 Å². The average molecular weight is 478 g/mol. The highest BCUT2D eigenvalue weighted by molar-refractivity contribution is 5.99. The summed E-state index contributed by atoms with van der Waals surface area (Å²) in [6, 6.07) is 11.1. The van der Waals surface area contributed by atoms with Gasteiger partial charge in [0.1, 0.15) is 11.6 Å². The van der Waals surface area contributed by atoms with Gasteiger partial charge >= 0.3 is 0 Å². The van der Waals surface area contributed by atoms with Gasteiger partial charge in [-0.25, -0.2) is 18.7 Å². The summed E-state index contributed by atoms with van der Waals surface area (Å²) in [6.45, 7) is 3.40. The highest BCUT2D eigenvalue weighted by Gasteiger charge is 2.28. The van der Waals surface area contributed by atoms with Gasteiger partial charge in [0, 0.05) is 32.6 Å². The molecule has 0 atom stereocenters. The molecule has 5 rings (SSSR count). The van der Waals surface area contributed by atoms with E-state index in [2.05, 4.69) is 20.2 Å². The highest BCUT2D eigenvalue weighted by Crippen LogP contribution is 2.27. The topological polar surface area (TPSA) is 78.4 Å². The number of carbonyl (C=O) groups is 2. The zero-order valence-corrected chi connectivity index (χ0v) is 19.4. The van der Waals surface area contributed by atoms with Gasteiger partial charge < -0.3 is 15.1 Å². The van der Waals surface area contributed by atoms with Crippen LogP contribution in [0.15, 0.2) is 42.5 Å². The summed E-state index contributed by atoms with van der Waals surface area (Å²) >= 11 is 0. The molecule has 1 aromatic heterocycles. The van der Waals surface area contributed by atoms with Gasteiger partial charge in [-0.05, 0) is 30.3 Å². The summed E-state index contributed by atoms with van der Waals surface area (Å²) in [7, 11) is 2.05. The Balaban J connectivity index is 1.37. The number of carbonyl (C=O) groups excluding carboxylic acids is 2. The zero-order valence-electron chi connectivity index (χ0n) is 19.4. The van der Waals surface area contributed by atoms with E-state index < -0.39 is 11.6 Å². The van der Waals surface area contributed by atoms with Crippen LogP contribution in [0.4, 0.5) is 8.78 Å². The van der Waals surface area contributed by atoms with E-state index in [-0.39, 0.29) is 36.2 Å². The lowest BCUT2D eigenvalue weighted by Gasteiger charge is -2.32. The number of fused-ring (bicyclic) bond motifs is 1. The predicted octanol–water partition coefficient (Wildman–Crippen LogP) is 2.57. The number of hydrogen-bond donors (Lipinski definition) is 1. The van der Waals surface area contributed by atoms with Gasteiger partial charge in [0.25, 0.3) is 5.91 Å². The molecule has 180 valence electrons. The first-order valence-corrected chi connectivity index (χ1v) is 11.6. The second kappa shape index (κ2) is 9.50. The molecule has 7 nitrogen and oxygen atoms in total. The fourth-order valence-corrected chi connectivity index (χ4v) is 4.46. The molecule has 2 amide bonds. The number of nitrogens with zero attached hydrogens (tertiary/aromatic N) is 4. The maximum atomic E-state index is 14.4. The summed E-state index contributed by atoms with van der Waals surface area (Å²) in [4.78, 5) is 37.8. The van der Waals surface area contributed by atoms with Gasteiger partial charge in [0.15, 0.2) is 5.82 Å². The molecular weight excluding hydrogens is 452 g/mol. The Morgan fingerprint density at radius 3 is 2.29 bits per heavy atom. The van der Waals surface area contributed by atoms with Crippen LogP contribution in [0.1, 0.15) is 32.9 Å². The third kappa shape index (κ3) is 4.77. The van der Waals surface area contributed by atoms with Crippen molar-refractivity contribution in [2.75, 3.05) is 33.2 Å². The van der Waals surface area contributed by atoms with Crippen LogP contribution in [0.2, 0.25) is 0 Å². The number of halogens is 2. The SMILES string of the molecule is CN1CCN(C(=O)Cc2ccc(Cc3nc(-c4c(F)cccc4F)nc4c3C(=O)NC4)cc2)CC1. The molecule has 0 saturated carbocycles. The lowest BCUT2D eigenvalue weighted by atomic mass is 10.0. The number of piperazine rings is 1. The first-order valence-electron chi connectivity index (χ1n) is 11.6. The number of likely N-dealkylation sites (N-methyl/N-ethyl adjacent to an activating group) is 1. The van der Waals surface area contributed by atoms with E-state index in [1.807, 2.05) is 36.2 Å². The molecule has 1 saturated heterocycles. The highest BCUT2D eigenvalue weighted by atomic mass is 19.1. The molecule has 3 heterocycles. The van der Waals surface area contributed by atoms with Crippen LogP contribution in [0.3, 0.4) is 0 Å². The van der Waals surface area contributed by atoms with E-state index in [4.69, 9.17) is 0 Å². The Kier molecular flexibility index (Phi) is 6.25. The largest absolute Gasteiger partial charge is 0.346 e. The van der Waals surface area contributed by atoms with Crippen molar-refractivity contribution in [1.29, 1.82) is 0 Å². The quantitative estimate of drug-likeness (QED) is 0.611. The molecule has 2 aliphatic heterocycles. The minimum absolute atomic E-state index is 0.0831. The Bertz CT molecular complexity index is 1270. The van der Waals surface area contributed by atoms with Gasteiger partial charge in [0.05, 0.1) is 35.5 Å². The monoisotopic (exact) mass is 477 g/mol. The Hall–Kier alpha value is -3.72. The molecule has 2 aliphatic rings. The van der Waals surface area contributed by atoms with Gasteiger partial charge in [-0.15, -0.1) is 0 Å². The van der Waals surface area contributed by atoms with Gasteiger partial charge in [-0.3, -0.25) is 9.59 Å². The van der Waals surface area contributed by atoms with Crippen molar-refractivity contribution >= 4 is 11.8 Å². The van der Waals surface area contributed by atoms with E-state index in [9.17, 15) is 18.4 Å². The van der Waals surface area contributed by atoms with Crippen LogP contribution in [0, 0.1) is 11.6 Å². The first-order chi connectivity index (χ1) is 16.9. The zero-order chi connectivity index (χ0) is 24.5. The van der Waals surface area contributed by atoms with Crippen molar-refractivity contribution in [2.45, 2.75) is 19.4 Å². The van der Waals surface area contributed by atoms with Crippen LogP contribution < -0.4 is 5.32 Å². The molecule has 35 heavy (non-hydrogen) atoms. The normalized spacial score (nSPS) is 15.7. The third-order valence-corrected chi connectivity index (χ3v) is 6.49. The third-order valence-electron chi connectivity index (χ3n) is 6.49. The van der Waals surface area contributed by atoms with Crippen molar-refractivity contribution in [3.63, 3.8) is 0 Å². The molecule has 0 bridgehead atoms. The lowest BCUT2D eigenvalue weighted by molar-refractivity contribution is -0.132. The Labute approximate surface area is 201 Å². The number of hydrogen-bond acceptors (Lipinski definition) is 5. The van der Waals surface area contributed by atoms with Crippen molar-refractivity contribution in [1.82, 2.24) is 25.1 Å². The van der Waals surface area contributed by atoms with E-state index in [0.717, 1.165) is 49.4 Å². The van der Waals surface area contributed by atoms with Crippen LogP contribution in [0.25, 0.3) is 11.4 Å². The number of benzene rings is 2. The molecule has 0 spiro atoms. The van der Waals surface area contributed by atoms with Gasteiger partial charge in [0.2, 0.25) is 5.91 Å². The number of nitrogens with one attached hydrogen (secondary N) is 1. The Morgan fingerprint density at radius 1 is 0.943 bits per heavy atom. The van der Waals surface area contributed by atoms with E-state index in [0.29, 0.717) is 23.4 Å². The Morgan fingerprint density at radius 2 is 1.60 bits per heavy atom. The fraction of sp³-hybridized carbons (Fsp3) is 0.308. The molecule has 1 N–H and O–H groups in total. The molecule has 0 unspecified atom stereocenters. The van der Waals surface area contributed by atoms with Crippen molar-refractivity contribution in [3.8, 4) is 11.4 Å². The number of aromatic nitrogens is 2. The minimum Gasteiger partial charge on any atom is -0.346 e. The maximum Gasteiger partial charge on any atom is 0.255 e. The fourth-order valence-electron chi connectivity index (χ4n) is 4.46. The summed E-state index contributed by atoms with van der Waals surface area (Å²) in [6.07, 6.45) is 0.611. The van der Waals surface area contributed by atoms with Crippen molar-refractivity contribution < 1.29 is 18.4 Å². The molecule has 9 heteroatoms.